The van der Waals surface area contributed by atoms with E-state index < -0.39 is 0 Å². The maximum absolute atomic E-state index is 9.59. The molecule has 1 aromatic carbocycles. The van der Waals surface area contributed by atoms with Crippen LogP contribution >= 0.6 is 0 Å². The number of hydrogen-bond acceptors (Lipinski definition) is 2. The van der Waals surface area contributed by atoms with E-state index in [2.05, 4.69) is 24.4 Å². The third kappa shape index (κ3) is 2.74. The van der Waals surface area contributed by atoms with E-state index in [4.69, 9.17) is 0 Å². The molecule has 2 N–H and O–H groups in total. The highest BCUT2D eigenvalue weighted by Gasteiger charge is 2.02. The van der Waals surface area contributed by atoms with Crippen LogP contribution in [0.15, 0.2) is 12.1 Å². The lowest BCUT2D eigenvalue weighted by Gasteiger charge is -2.08. The summed E-state index contributed by atoms with van der Waals surface area (Å²) in [7, 11) is 0. The Morgan fingerprint density at radius 1 is 1.21 bits per heavy atom. The maximum atomic E-state index is 9.59. The molecule has 0 unspecified atom stereocenters. The Hall–Kier alpha value is -1.02. The first kappa shape index (κ1) is 11.1. The lowest BCUT2D eigenvalue weighted by molar-refractivity contribution is 0.466. The number of nitrogens with one attached hydrogen (secondary N) is 1. The van der Waals surface area contributed by atoms with Gasteiger partial charge in [-0.25, -0.2) is 0 Å². The fourth-order valence-corrected chi connectivity index (χ4v) is 1.60. The van der Waals surface area contributed by atoms with Gasteiger partial charge in [0.2, 0.25) is 0 Å². The number of hydrogen-bond donors (Lipinski definition) is 2. The van der Waals surface area contributed by atoms with E-state index in [0.29, 0.717) is 5.75 Å². The summed E-state index contributed by atoms with van der Waals surface area (Å²) in [6, 6.07) is 4.11. The molecule has 0 bridgehead atoms. The maximum Gasteiger partial charge on any atom is 0.121 e. The molecule has 0 saturated carbocycles. The van der Waals surface area contributed by atoms with Crippen LogP contribution in [0, 0.1) is 13.8 Å². The minimum atomic E-state index is 0.428. The van der Waals surface area contributed by atoms with Gasteiger partial charge in [-0.05, 0) is 50.0 Å². The molecule has 0 fully saturated rings. The summed E-state index contributed by atoms with van der Waals surface area (Å²) >= 11 is 0. The molecule has 1 aromatic rings. The van der Waals surface area contributed by atoms with Crippen molar-refractivity contribution in [3.05, 3.63) is 28.8 Å². The fraction of sp³-hybridized carbons (Fsp3) is 0.500. The number of phenols is 1. The van der Waals surface area contributed by atoms with Crippen molar-refractivity contribution in [2.24, 2.45) is 0 Å². The van der Waals surface area contributed by atoms with Crippen molar-refractivity contribution in [3.63, 3.8) is 0 Å². The van der Waals surface area contributed by atoms with E-state index in [9.17, 15) is 5.11 Å². The summed E-state index contributed by atoms with van der Waals surface area (Å²) < 4.78 is 0. The minimum absolute atomic E-state index is 0.428. The molecule has 0 spiro atoms. The van der Waals surface area contributed by atoms with Crippen LogP contribution in [0.3, 0.4) is 0 Å². The van der Waals surface area contributed by atoms with Crippen LogP contribution in [0.1, 0.15) is 23.6 Å². The second-order valence-electron chi connectivity index (χ2n) is 3.68. The summed E-state index contributed by atoms with van der Waals surface area (Å²) in [6.07, 6.45) is 1.02. The summed E-state index contributed by atoms with van der Waals surface area (Å²) in [5, 5.41) is 12.9. The summed E-state index contributed by atoms with van der Waals surface area (Å²) in [5.41, 5.74) is 3.23. The van der Waals surface area contributed by atoms with Gasteiger partial charge in [-0.1, -0.05) is 19.1 Å². The molecule has 1 rings (SSSR count). The molecule has 0 amide bonds. The smallest absolute Gasteiger partial charge is 0.121 e. The van der Waals surface area contributed by atoms with Crippen LogP contribution in [-0.4, -0.2) is 18.2 Å². The van der Waals surface area contributed by atoms with E-state index in [-0.39, 0.29) is 0 Å². The first-order valence-electron chi connectivity index (χ1n) is 5.15. The number of aryl methyl sites for hydroxylation is 2. The van der Waals surface area contributed by atoms with Gasteiger partial charge in [0.05, 0.1) is 0 Å². The SMILES string of the molecule is CCNCCc1cc(C)c(O)c(C)c1. The Bertz CT molecular complexity index is 284. The summed E-state index contributed by atoms with van der Waals surface area (Å²) in [6.45, 7) is 8.00. The zero-order valence-corrected chi connectivity index (χ0v) is 9.22. The molecule has 0 aliphatic heterocycles. The zero-order chi connectivity index (χ0) is 10.6. The van der Waals surface area contributed by atoms with Gasteiger partial charge in [-0.15, -0.1) is 0 Å². The van der Waals surface area contributed by atoms with E-state index in [1.54, 1.807) is 0 Å². The topological polar surface area (TPSA) is 32.3 Å². The molecular weight excluding hydrogens is 174 g/mol. The molecule has 2 nitrogen and oxygen atoms in total. The Morgan fingerprint density at radius 2 is 1.79 bits per heavy atom. The third-order valence-electron chi connectivity index (χ3n) is 2.39. The number of aromatic hydroxyl groups is 1. The average Bonchev–Trinajstić information content (AvgIpc) is 2.14. The molecule has 0 aliphatic rings. The average molecular weight is 193 g/mol. The molecule has 0 aliphatic carbocycles. The normalized spacial score (nSPS) is 10.5. The predicted octanol–water partition coefficient (Wildman–Crippen LogP) is 2.16. The van der Waals surface area contributed by atoms with Crippen molar-refractivity contribution in [2.75, 3.05) is 13.1 Å². The van der Waals surface area contributed by atoms with Gasteiger partial charge in [0.1, 0.15) is 5.75 Å². The standard InChI is InChI=1S/C12H19NO/c1-4-13-6-5-11-7-9(2)12(14)10(3)8-11/h7-8,13-14H,4-6H2,1-3H3. The van der Waals surface area contributed by atoms with Crippen molar-refractivity contribution < 1.29 is 5.11 Å². The molecule has 2 heteroatoms. The van der Waals surface area contributed by atoms with Gasteiger partial charge in [-0.2, -0.15) is 0 Å². The molecule has 0 atom stereocenters. The number of likely N-dealkylation sites (N-methyl/N-ethyl adjacent to an activating group) is 1. The number of benzene rings is 1. The van der Waals surface area contributed by atoms with Crippen molar-refractivity contribution in [3.8, 4) is 5.75 Å². The van der Waals surface area contributed by atoms with Gasteiger partial charge in [0.15, 0.2) is 0 Å². The van der Waals surface area contributed by atoms with Crippen LogP contribution < -0.4 is 5.32 Å². The summed E-state index contributed by atoms with van der Waals surface area (Å²) in [5.74, 6) is 0.428. The van der Waals surface area contributed by atoms with Gasteiger partial charge in [-0.3, -0.25) is 0 Å². The Labute approximate surface area is 86.0 Å². The van der Waals surface area contributed by atoms with Crippen molar-refractivity contribution in [2.45, 2.75) is 27.2 Å². The van der Waals surface area contributed by atoms with Crippen molar-refractivity contribution in [1.82, 2.24) is 5.32 Å². The lowest BCUT2D eigenvalue weighted by Crippen LogP contribution is -2.16. The van der Waals surface area contributed by atoms with Crippen LogP contribution in [0.2, 0.25) is 0 Å². The molecule has 78 valence electrons. The van der Waals surface area contributed by atoms with E-state index in [1.807, 2.05) is 13.8 Å². The molecular formula is C12H19NO. The highest BCUT2D eigenvalue weighted by atomic mass is 16.3. The van der Waals surface area contributed by atoms with Crippen LogP contribution in [0.25, 0.3) is 0 Å². The Balaban J connectivity index is 2.69. The van der Waals surface area contributed by atoms with Crippen LogP contribution in [0.4, 0.5) is 0 Å². The monoisotopic (exact) mass is 193 g/mol. The lowest BCUT2D eigenvalue weighted by atomic mass is 10.0. The van der Waals surface area contributed by atoms with Crippen molar-refractivity contribution in [1.29, 1.82) is 0 Å². The van der Waals surface area contributed by atoms with Gasteiger partial charge in [0.25, 0.3) is 0 Å². The third-order valence-corrected chi connectivity index (χ3v) is 2.39. The predicted molar refractivity (Wildman–Crippen MR) is 59.8 cm³/mol. The summed E-state index contributed by atoms with van der Waals surface area (Å²) in [4.78, 5) is 0. The second-order valence-corrected chi connectivity index (χ2v) is 3.68. The van der Waals surface area contributed by atoms with E-state index in [1.165, 1.54) is 5.56 Å². The van der Waals surface area contributed by atoms with Gasteiger partial charge < -0.3 is 10.4 Å². The van der Waals surface area contributed by atoms with Gasteiger partial charge in [0, 0.05) is 0 Å². The van der Waals surface area contributed by atoms with Crippen molar-refractivity contribution >= 4 is 0 Å². The van der Waals surface area contributed by atoms with Crippen LogP contribution in [0.5, 0.6) is 5.75 Å². The molecule has 0 aromatic heterocycles. The zero-order valence-electron chi connectivity index (χ0n) is 9.22. The van der Waals surface area contributed by atoms with Gasteiger partial charge >= 0.3 is 0 Å². The molecule has 0 radical (unpaired) electrons. The van der Waals surface area contributed by atoms with Crippen LogP contribution in [-0.2, 0) is 6.42 Å². The minimum Gasteiger partial charge on any atom is -0.507 e. The fourth-order valence-electron chi connectivity index (χ4n) is 1.60. The highest BCUT2D eigenvalue weighted by Crippen LogP contribution is 2.22. The van der Waals surface area contributed by atoms with E-state index >= 15 is 0 Å². The van der Waals surface area contributed by atoms with E-state index in [0.717, 1.165) is 30.6 Å². The molecule has 14 heavy (non-hydrogen) atoms. The second kappa shape index (κ2) is 5.01. The first-order valence-corrected chi connectivity index (χ1v) is 5.15. The Kier molecular flexibility index (Phi) is 3.96. The number of phenolic OH excluding ortho intramolecular Hbond substituents is 1. The molecule has 0 heterocycles. The highest BCUT2D eigenvalue weighted by molar-refractivity contribution is 5.42. The quantitative estimate of drug-likeness (QED) is 0.718. The largest absolute Gasteiger partial charge is 0.507 e. The molecule has 0 saturated heterocycles. The first-order chi connectivity index (χ1) is 6.65. The number of rotatable bonds is 4. The Morgan fingerprint density at radius 3 is 2.29 bits per heavy atom.